The first kappa shape index (κ1) is 15.9. The van der Waals surface area contributed by atoms with E-state index in [4.69, 9.17) is 4.74 Å². The summed E-state index contributed by atoms with van der Waals surface area (Å²) in [6.45, 7) is 2.61. The first-order valence-corrected chi connectivity index (χ1v) is 8.36. The molecule has 5 heteroatoms. The van der Waals surface area contributed by atoms with Crippen LogP contribution in [0.3, 0.4) is 0 Å². The van der Waals surface area contributed by atoms with Crippen molar-refractivity contribution in [3.8, 4) is 5.75 Å². The summed E-state index contributed by atoms with van der Waals surface area (Å²) in [6.07, 6.45) is 0. The van der Waals surface area contributed by atoms with Crippen LogP contribution in [0.5, 0.6) is 5.75 Å². The molecule has 3 nitrogen and oxygen atoms in total. The van der Waals surface area contributed by atoms with Gasteiger partial charge in [0, 0.05) is 15.1 Å². The van der Waals surface area contributed by atoms with E-state index in [2.05, 4.69) is 21.2 Å². The number of amides is 1. The molecule has 0 atom stereocenters. The first-order chi connectivity index (χ1) is 10.2. The fourth-order valence-corrected chi connectivity index (χ4v) is 2.64. The van der Waals surface area contributed by atoms with Crippen molar-refractivity contribution in [3.05, 3.63) is 53.0 Å². The predicted octanol–water partition coefficient (Wildman–Crippen LogP) is 4.58. The van der Waals surface area contributed by atoms with E-state index in [9.17, 15) is 4.79 Å². The minimum Gasteiger partial charge on any atom is -0.494 e. The maximum atomic E-state index is 11.9. The fourth-order valence-electron chi connectivity index (χ4n) is 1.68. The van der Waals surface area contributed by atoms with E-state index in [1.165, 1.54) is 11.8 Å². The zero-order chi connectivity index (χ0) is 15.1. The van der Waals surface area contributed by atoms with Gasteiger partial charge in [0.25, 0.3) is 0 Å². The number of benzene rings is 2. The van der Waals surface area contributed by atoms with Gasteiger partial charge in [-0.15, -0.1) is 11.8 Å². The lowest BCUT2D eigenvalue weighted by Gasteiger charge is -2.06. The number of thioether (sulfide) groups is 1. The second kappa shape index (κ2) is 8.10. The van der Waals surface area contributed by atoms with Gasteiger partial charge < -0.3 is 10.1 Å². The summed E-state index contributed by atoms with van der Waals surface area (Å²) in [5, 5.41) is 2.87. The molecule has 0 spiro atoms. The quantitative estimate of drug-likeness (QED) is 0.761. The number of ether oxygens (including phenoxy) is 1. The second-order valence-corrected chi connectivity index (χ2v) is 6.21. The molecule has 0 aliphatic carbocycles. The highest BCUT2D eigenvalue weighted by molar-refractivity contribution is 9.10. The van der Waals surface area contributed by atoms with Crippen LogP contribution in [0, 0.1) is 0 Å². The third-order valence-corrected chi connectivity index (χ3v) is 4.17. The van der Waals surface area contributed by atoms with E-state index in [-0.39, 0.29) is 5.91 Å². The molecule has 0 bridgehead atoms. The summed E-state index contributed by atoms with van der Waals surface area (Å²) in [4.78, 5) is 12.9. The lowest BCUT2D eigenvalue weighted by Crippen LogP contribution is -2.13. The van der Waals surface area contributed by atoms with Gasteiger partial charge in [0.05, 0.1) is 12.4 Å². The van der Waals surface area contributed by atoms with Crippen LogP contribution in [0.4, 0.5) is 5.69 Å². The number of carbonyl (C=O) groups is 1. The molecule has 0 saturated heterocycles. The number of halogens is 1. The zero-order valence-electron chi connectivity index (χ0n) is 11.6. The second-order valence-electron chi connectivity index (χ2n) is 4.25. The third kappa shape index (κ3) is 5.44. The van der Waals surface area contributed by atoms with Crippen molar-refractivity contribution in [2.45, 2.75) is 11.8 Å². The van der Waals surface area contributed by atoms with Gasteiger partial charge in [-0.05, 0) is 55.5 Å². The summed E-state index contributed by atoms with van der Waals surface area (Å²) < 4.78 is 6.37. The minimum absolute atomic E-state index is 0.0174. The van der Waals surface area contributed by atoms with E-state index >= 15 is 0 Å². The normalized spacial score (nSPS) is 10.2. The monoisotopic (exact) mass is 365 g/mol. The van der Waals surface area contributed by atoms with E-state index < -0.39 is 0 Å². The van der Waals surface area contributed by atoms with E-state index in [1.807, 2.05) is 55.5 Å². The molecule has 0 saturated carbocycles. The highest BCUT2D eigenvalue weighted by Crippen LogP contribution is 2.22. The van der Waals surface area contributed by atoms with Crippen molar-refractivity contribution >= 4 is 39.3 Å². The molecule has 0 aliphatic heterocycles. The molecular weight excluding hydrogens is 350 g/mol. The topological polar surface area (TPSA) is 38.3 Å². The van der Waals surface area contributed by atoms with Gasteiger partial charge in [-0.3, -0.25) is 4.79 Å². The molecule has 0 fully saturated rings. The van der Waals surface area contributed by atoms with Gasteiger partial charge in [0.2, 0.25) is 5.91 Å². The Balaban J connectivity index is 1.81. The van der Waals surface area contributed by atoms with Crippen LogP contribution in [-0.4, -0.2) is 18.3 Å². The van der Waals surface area contributed by atoms with Gasteiger partial charge in [-0.25, -0.2) is 0 Å². The van der Waals surface area contributed by atoms with Gasteiger partial charge in [0.15, 0.2) is 0 Å². The lowest BCUT2D eigenvalue weighted by molar-refractivity contribution is -0.113. The molecule has 0 aliphatic rings. The van der Waals surface area contributed by atoms with Crippen LogP contribution in [-0.2, 0) is 4.79 Å². The fraction of sp³-hybridized carbons (Fsp3) is 0.188. The molecule has 110 valence electrons. The Morgan fingerprint density at radius 2 is 1.81 bits per heavy atom. The van der Waals surface area contributed by atoms with Gasteiger partial charge in [0.1, 0.15) is 5.75 Å². The summed E-state index contributed by atoms with van der Waals surface area (Å²) in [5.74, 6) is 1.21. The van der Waals surface area contributed by atoms with Gasteiger partial charge in [-0.1, -0.05) is 15.9 Å². The summed E-state index contributed by atoms with van der Waals surface area (Å²) in [5.41, 5.74) is 0.801. The summed E-state index contributed by atoms with van der Waals surface area (Å²) in [6, 6.07) is 15.3. The molecule has 0 heterocycles. The highest BCUT2D eigenvalue weighted by atomic mass is 79.9. The van der Waals surface area contributed by atoms with E-state index in [0.29, 0.717) is 12.4 Å². The van der Waals surface area contributed by atoms with E-state index in [1.54, 1.807) is 0 Å². The number of carbonyl (C=O) groups excluding carboxylic acids is 1. The maximum absolute atomic E-state index is 11.9. The molecule has 2 aromatic rings. The molecule has 21 heavy (non-hydrogen) atoms. The predicted molar refractivity (Wildman–Crippen MR) is 91.1 cm³/mol. The molecule has 0 unspecified atom stereocenters. The van der Waals surface area contributed by atoms with Gasteiger partial charge >= 0.3 is 0 Å². The highest BCUT2D eigenvalue weighted by Gasteiger charge is 2.04. The zero-order valence-corrected chi connectivity index (χ0v) is 14.0. The Morgan fingerprint density at radius 3 is 2.43 bits per heavy atom. The number of hydrogen-bond acceptors (Lipinski definition) is 3. The number of anilines is 1. The van der Waals surface area contributed by atoms with Crippen LogP contribution < -0.4 is 10.1 Å². The van der Waals surface area contributed by atoms with Crippen LogP contribution in [0.2, 0.25) is 0 Å². The minimum atomic E-state index is -0.0174. The van der Waals surface area contributed by atoms with Crippen molar-refractivity contribution in [2.75, 3.05) is 17.7 Å². The van der Waals surface area contributed by atoms with Crippen molar-refractivity contribution in [1.29, 1.82) is 0 Å². The maximum Gasteiger partial charge on any atom is 0.234 e. The summed E-state index contributed by atoms with van der Waals surface area (Å²) >= 11 is 4.86. The summed E-state index contributed by atoms with van der Waals surface area (Å²) in [7, 11) is 0. The van der Waals surface area contributed by atoms with Crippen molar-refractivity contribution in [1.82, 2.24) is 0 Å². The lowest BCUT2D eigenvalue weighted by atomic mass is 10.3. The number of nitrogens with one attached hydrogen (secondary N) is 1. The Bertz CT molecular complexity index is 584. The van der Waals surface area contributed by atoms with Gasteiger partial charge in [-0.2, -0.15) is 0 Å². The van der Waals surface area contributed by atoms with Crippen molar-refractivity contribution in [3.63, 3.8) is 0 Å². The largest absolute Gasteiger partial charge is 0.494 e. The number of rotatable bonds is 6. The average molecular weight is 366 g/mol. The molecule has 1 amide bonds. The van der Waals surface area contributed by atoms with Crippen molar-refractivity contribution in [2.24, 2.45) is 0 Å². The first-order valence-electron chi connectivity index (χ1n) is 6.58. The SMILES string of the molecule is CCOc1ccc(SCC(=O)Nc2ccc(Br)cc2)cc1. The van der Waals surface area contributed by atoms with Crippen molar-refractivity contribution < 1.29 is 9.53 Å². The Morgan fingerprint density at radius 1 is 1.14 bits per heavy atom. The average Bonchev–Trinajstić information content (AvgIpc) is 2.49. The Hall–Kier alpha value is -1.46. The molecule has 2 rings (SSSR count). The Labute approximate surface area is 137 Å². The molecule has 1 N–H and O–H groups in total. The molecule has 2 aromatic carbocycles. The van der Waals surface area contributed by atoms with Crippen LogP contribution >= 0.6 is 27.7 Å². The van der Waals surface area contributed by atoms with Crippen LogP contribution in [0.15, 0.2) is 57.9 Å². The molecule has 0 radical (unpaired) electrons. The Kier molecular flexibility index (Phi) is 6.14. The number of hydrogen-bond donors (Lipinski definition) is 1. The third-order valence-electron chi connectivity index (χ3n) is 2.63. The van der Waals surface area contributed by atoms with Crippen LogP contribution in [0.25, 0.3) is 0 Å². The molecule has 0 aromatic heterocycles. The van der Waals surface area contributed by atoms with Crippen LogP contribution in [0.1, 0.15) is 6.92 Å². The smallest absolute Gasteiger partial charge is 0.234 e. The molecular formula is C16H16BrNO2S. The van der Waals surface area contributed by atoms with E-state index in [0.717, 1.165) is 20.8 Å². The standard InChI is InChI=1S/C16H16BrNO2S/c1-2-20-14-7-9-15(10-8-14)21-11-16(19)18-13-5-3-12(17)4-6-13/h3-10H,2,11H2,1H3,(H,18,19).